The third kappa shape index (κ3) is 5.47. The van der Waals surface area contributed by atoms with Gasteiger partial charge in [-0.2, -0.15) is 8.61 Å². The van der Waals surface area contributed by atoms with Gasteiger partial charge in [-0.05, 0) is 24.3 Å². The number of aliphatic hydroxyl groups is 1. The first-order chi connectivity index (χ1) is 17.3. The van der Waals surface area contributed by atoms with E-state index in [0.29, 0.717) is 0 Å². The number of β-amino-alcohol motifs (C(OH)–C–C–N with tert-alkyl or cyclic N) is 1. The van der Waals surface area contributed by atoms with Crippen LogP contribution >= 0.6 is 0 Å². The molecule has 4 rings (SSSR count). The molecule has 0 atom stereocenters. The quantitative estimate of drug-likeness (QED) is 0.378. The Hall–Kier alpha value is -3.06. The number of hydrogen-bond donors (Lipinski definition) is 1. The third-order valence-corrected chi connectivity index (χ3v) is 9.50. The van der Waals surface area contributed by atoms with E-state index in [4.69, 9.17) is 9.47 Å². The highest BCUT2D eigenvalue weighted by Crippen LogP contribution is 2.31. The minimum atomic E-state index is -4.30. The summed E-state index contributed by atoms with van der Waals surface area (Å²) in [6, 6.07) is 8.38. The first kappa shape index (κ1) is 27.0. The molecule has 2 saturated heterocycles. The van der Waals surface area contributed by atoms with Crippen LogP contribution < -0.4 is 0 Å². The molecule has 37 heavy (non-hydrogen) atoms. The van der Waals surface area contributed by atoms with Crippen LogP contribution in [0.15, 0.2) is 58.3 Å². The highest BCUT2D eigenvalue weighted by molar-refractivity contribution is 7.89. The van der Waals surface area contributed by atoms with E-state index in [9.17, 15) is 42.2 Å². The number of nitro benzene ring substituents is 2. The molecule has 0 radical (unpaired) electrons. The maximum absolute atomic E-state index is 13.4. The van der Waals surface area contributed by atoms with Gasteiger partial charge in [0.05, 0.1) is 52.0 Å². The average molecular weight is 559 g/mol. The van der Waals surface area contributed by atoms with Gasteiger partial charge in [0.15, 0.2) is 5.79 Å². The van der Waals surface area contributed by atoms with Crippen LogP contribution in [-0.4, -0.2) is 91.7 Å². The van der Waals surface area contributed by atoms with E-state index in [0.717, 1.165) is 57.1 Å². The Morgan fingerprint density at radius 3 is 1.43 bits per heavy atom. The number of sulfonamides is 2. The molecular formula is C20H22N4O11S2. The lowest BCUT2D eigenvalue weighted by Gasteiger charge is -2.40. The second kappa shape index (κ2) is 10.0. The van der Waals surface area contributed by atoms with E-state index in [-0.39, 0.29) is 34.4 Å². The number of nitrogens with zero attached hydrogens (tertiary/aromatic N) is 4. The topological polar surface area (TPSA) is 200 Å². The van der Waals surface area contributed by atoms with Gasteiger partial charge in [0.25, 0.3) is 11.4 Å². The molecule has 15 nitrogen and oxygen atoms in total. The van der Waals surface area contributed by atoms with E-state index >= 15 is 0 Å². The number of ether oxygens (including phenoxy) is 2. The summed E-state index contributed by atoms with van der Waals surface area (Å²) >= 11 is 0. The van der Waals surface area contributed by atoms with Gasteiger partial charge in [0, 0.05) is 37.4 Å². The van der Waals surface area contributed by atoms with E-state index in [1.807, 2.05) is 0 Å². The van der Waals surface area contributed by atoms with Gasteiger partial charge in [-0.1, -0.05) is 0 Å². The van der Waals surface area contributed by atoms with Crippen molar-refractivity contribution >= 4 is 31.4 Å². The molecule has 17 heteroatoms. The molecule has 2 heterocycles. The Bertz CT molecular complexity index is 1290. The molecule has 0 aromatic heterocycles. The minimum absolute atomic E-state index is 0.0550. The predicted octanol–water partition coefficient (Wildman–Crippen LogP) is 0.302. The number of hydrogen-bond acceptors (Lipinski definition) is 11. The van der Waals surface area contributed by atoms with Crippen molar-refractivity contribution in [2.45, 2.75) is 21.7 Å². The molecule has 2 aromatic carbocycles. The predicted molar refractivity (Wildman–Crippen MR) is 124 cm³/mol. The lowest BCUT2D eigenvalue weighted by molar-refractivity contribution is -0.385. The number of nitro groups is 2. The van der Waals surface area contributed by atoms with Crippen LogP contribution in [0.25, 0.3) is 0 Å². The molecule has 2 fully saturated rings. The zero-order valence-corrected chi connectivity index (χ0v) is 20.7. The molecule has 0 saturated carbocycles. The van der Waals surface area contributed by atoms with Crippen molar-refractivity contribution in [2.24, 2.45) is 0 Å². The van der Waals surface area contributed by atoms with Gasteiger partial charge in [-0.15, -0.1) is 0 Å². The monoisotopic (exact) mass is 558 g/mol. The summed E-state index contributed by atoms with van der Waals surface area (Å²) in [5.74, 6) is -1.71. The summed E-state index contributed by atoms with van der Waals surface area (Å²) in [5.41, 5.74) is -0.615. The normalized spacial score (nSPS) is 19.9. The van der Waals surface area contributed by atoms with Gasteiger partial charge in [0.2, 0.25) is 20.0 Å². The van der Waals surface area contributed by atoms with Crippen LogP contribution in [0.5, 0.6) is 0 Å². The second-order valence-corrected chi connectivity index (χ2v) is 12.2. The smallest absolute Gasteiger partial charge is 0.269 e. The molecule has 2 aliphatic heterocycles. The number of non-ortho nitro benzene ring substituents is 2. The number of rotatable bonds is 6. The fraction of sp³-hybridized carbons (Fsp3) is 0.400. The van der Waals surface area contributed by atoms with Gasteiger partial charge in [-0.3, -0.25) is 20.2 Å². The summed E-state index contributed by atoms with van der Waals surface area (Å²) in [5, 5.41) is 32.5. The van der Waals surface area contributed by atoms with E-state index in [1.165, 1.54) is 0 Å². The first-order valence-electron chi connectivity index (χ1n) is 10.8. The largest absolute Gasteiger partial charge is 0.390 e. The Morgan fingerprint density at radius 2 is 1.11 bits per heavy atom. The Morgan fingerprint density at radius 1 is 0.757 bits per heavy atom. The van der Waals surface area contributed by atoms with Crippen LogP contribution in [0, 0.1) is 20.2 Å². The molecule has 0 amide bonds. The zero-order valence-electron chi connectivity index (χ0n) is 19.1. The van der Waals surface area contributed by atoms with Crippen molar-refractivity contribution in [1.29, 1.82) is 0 Å². The number of aliphatic hydroxyl groups excluding tert-OH is 1. The van der Waals surface area contributed by atoms with Gasteiger partial charge < -0.3 is 14.6 Å². The average Bonchev–Trinajstić information content (AvgIpc) is 3.30. The molecule has 0 aliphatic carbocycles. The second-order valence-electron chi connectivity index (χ2n) is 8.36. The maximum Gasteiger partial charge on any atom is 0.269 e. The van der Waals surface area contributed by atoms with E-state index < -0.39 is 68.0 Å². The lowest BCUT2D eigenvalue weighted by Crippen LogP contribution is -2.59. The van der Waals surface area contributed by atoms with Crippen LogP contribution in [0.2, 0.25) is 0 Å². The van der Waals surface area contributed by atoms with Gasteiger partial charge in [0.1, 0.15) is 0 Å². The highest BCUT2D eigenvalue weighted by atomic mass is 32.2. The van der Waals surface area contributed by atoms with Crippen molar-refractivity contribution in [2.75, 3.05) is 39.4 Å². The summed E-state index contributed by atoms with van der Waals surface area (Å²) in [4.78, 5) is 19.9. The molecule has 2 aliphatic rings. The molecule has 2 aromatic rings. The third-order valence-electron chi connectivity index (χ3n) is 5.85. The molecule has 0 bridgehead atoms. The summed E-state index contributed by atoms with van der Waals surface area (Å²) in [7, 11) is -8.60. The molecule has 1 N–H and O–H groups in total. The van der Waals surface area contributed by atoms with Crippen molar-refractivity contribution in [3.8, 4) is 0 Å². The van der Waals surface area contributed by atoms with E-state index in [2.05, 4.69) is 0 Å². The molecule has 0 unspecified atom stereocenters. The first-order valence-corrected chi connectivity index (χ1v) is 13.7. The molecular weight excluding hydrogens is 536 g/mol. The Kier molecular flexibility index (Phi) is 7.30. The van der Waals surface area contributed by atoms with Crippen molar-refractivity contribution in [1.82, 2.24) is 8.61 Å². The summed E-state index contributed by atoms with van der Waals surface area (Å²) in [6.45, 7) is -1.90. The van der Waals surface area contributed by atoms with Crippen LogP contribution in [0.4, 0.5) is 11.4 Å². The summed E-state index contributed by atoms with van der Waals surface area (Å²) < 4.78 is 66.6. The fourth-order valence-electron chi connectivity index (χ4n) is 4.07. The molecule has 1 spiro atoms. The lowest BCUT2D eigenvalue weighted by atomic mass is 10.2. The van der Waals surface area contributed by atoms with Crippen LogP contribution in [0.1, 0.15) is 0 Å². The SMILES string of the molecule is O=[N+]([O-])c1ccc(S(=O)(=O)N2CC(O)CN(S(=O)(=O)c3ccc([N+](=O)[O-])cc3)CC3(C2)OCCO3)cc1. The van der Waals surface area contributed by atoms with E-state index in [1.54, 1.807) is 0 Å². The fourth-order valence-corrected chi connectivity index (χ4v) is 7.09. The Labute approximate surface area is 211 Å². The maximum atomic E-state index is 13.4. The highest BCUT2D eigenvalue weighted by Gasteiger charge is 2.48. The Balaban J connectivity index is 1.65. The van der Waals surface area contributed by atoms with Gasteiger partial charge >= 0.3 is 0 Å². The van der Waals surface area contributed by atoms with Crippen LogP contribution in [-0.2, 0) is 29.5 Å². The van der Waals surface area contributed by atoms with Crippen LogP contribution in [0.3, 0.4) is 0 Å². The molecule has 200 valence electrons. The zero-order chi connectivity index (χ0) is 27.0. The van der Waals surface area contributed by atoms with Crippen molar-refractivity contribution < 1.29 is 41.3 Å². The number of benzene rings is 2. The van der Waals surface area contributed by atoms with Crippen molar-refractivity contribution in [3.63, 3.8) is 0 Å². The van der Waals surface area contributed by atoms with Crippen molar-refractivity contribution in [3.05, 3.63) is 68.8 Å². The minimum Gasteiger partial charge on any atom is -0.390 e. The summed E-state index contributed by atoms with van der Waals surface area (Å²) in [6.07, 6.45) is -1.47. The standard InChI is InChI=1S/C20H22N4O11S2/c25-17-11-21(36(30,31)18-5-1-15(2-6-18)23(26)27)13-20(34-9-10-35-20)14-22(12-17)37(32,33)19-7-3-16(4-8-19)24(28)29/h1-8,17,25H,9-14H2. The van der Waals surface area contributed by atoms with Gasteiger partial charge in [-0.25, -0.2) is 16.8 Å².